The second kappa shape index (κ2) is 9.51. The van der Waals surface area contributed by atoms with Crippen LogP contribution in [0.2, 0.25) is 0 Å². The Hall–Kier alpha value is -3.16. The molecular formula is C19H20F2N2O4. The molecule has 6 nitrogen and oxygen atoms in total. The van der Waals surface area contributed by atoms with E-state index in [1.165, 1.54) is 7.11 Å². The maximum atomic E-state index is 13.4. The third-order valence-electron chi connectivity index (χ3n) is 3.86. The lowest BCUT2D eigenvalue weighted by atomic mass is 10.0. The zero-order chi connectivity index (χ0) is 19.8. The van der Waals surface area contributed by atoms with Crippen LogP contribution in [-0.2, 0) is 11.2 Å². The number of anilines is 1. The van der Waals surface area contributed by atoms with Crippen LogP contribution in [0.3, 0.4) is 0 Å². The second-order valence-corrected chi connectivity index (χ2v) is 5.88. The quantitative estimate of drug-likeness (QED) is 0.655. The van der Waals surface area contributed by atoms with Gasteiger partial charge in [0.2, 0.25) is 0 Å². The van der Waals surface area contributed by atoms with E-state index in [1.807, 2.05) is 30.3 Å². The average Bonchev–Trinajstić information content (AvgIpc) is 2.63. The number of hydrogen-bond donors (Lipinski definition) is 3. The molecule has 3 N–H and O–H groups in total. The van der Waals surface area contributed by atoms with Crippen LogP contribution >= 0.6 is 0 Å². The van der Waals surface area contributed by atoms with Gasteiger partial charge in [-0.15, -0.1) is 0 Å². The highest BCUT2D eigenvalue weighted by Crippen LogP contribution is 2.27. The first kappa shape index (κ1) is 20.2. The molecule has 0 bridgehead atoms. The summed E-state index contributed by atoms with van der Waals surface area (Å²) in [6.07, 6.45) is 0.523. The maximum absolute atomic E-state index is 13.4. The highest BCUT2D eigenvalue weighted by Gasteiger charge is 2.17. The van der Waals surface area contributed by atoms with E-state index >= 15 is 0 Å². The molecule has 2 aromatic carbocycles. The molecule has 0 aromatic heterocycles. The third kappa shape index (κ3) is 6.25. The molecular weight excluding hydrogens is 358 g/mol. The number of carboxylic acid groups (broad SMARTS) is 1. The molecule has 0 saturated carbocycles. The molecule has 0 heterocycles. The number of rotatable bonds is 8. The number of halogens is 2. The number of urea groups is 1. The van der Waals surface area contributed by atoms with Gasteiger partial charge in [0, 0.05) is 24.6 Å². The summed E-state index contributed by atoms with van der Waals surface area (Å²) in [7, 11) is 1.26. The van der Waals surface area contributed by atoms with E-state index in [0.717, 1.165) is 17.7 Å². The first-order valence-corrected chi connectivity index (χ1v) is 8.25. The van der Waals surface area contributed by atoms with Crippen molar-refractivity contribution in [2.45, 2.75) is 25.3 Å². The van der Waals surface area contributed by atoms with E-state index in [2.05, 4.69) is 10.6 Å². The molecule has 2 aromatic rings. The Kier molecular flexibility index (Phi) is 7.10. The fourth-order valence-corrected chi connectivity index (χ4v) is 2.56. The number of nitrogens with one attached hydrogen (secondary N) is 2. The van der Waals surface area contributed by atoms with Gasteiger partial charge in [-0.25, -0.2) is 13.6 Å². The molecule has 0 spiro atoms. The predicted octanol–water partition coefficient (Wildman–Crippen LogP) is 3.57. The monoisotopic (exact) mass is 378 g/mol. The van der Waals surface area contributed by atoms with E-state index < -0.39 is 29.7 Å². The number of carbonyl (C=O) groups excluding carboxylic acids is 1. The lowest BCUT2D eigenvalue weighted by molar-refractivity contribution is -0.137. The highest BCUT2D eigenvalue weighted by atomic mass is 19.2. The zero-order valence-electron chi connectivity index (χ0n) is 14.7. The van der Waals surface area contributed by atoms with Gasteiger partial charge in [0.1, 0.15) is 5.75 Å². The largest absolute Gasteiger partial charge is 0.494 e. The van der Waals surface area contributed by atoms with Gasteiger partial charge in [-0.05, 0) is 18.4 Å². The van der Waals surface area contributed by atoms with Gasteiger partial charge < -0.3 is 20.5 Å². The van der Waals surface area contributed by atoms with Gasteiger partial charge in [0.15, 0.2) is 11.6 Å². The summed E-state index contributed by atoms with van der Waals surface area (Å²) in [6, 6.07) is 9.79. The summed E-state index contributed by atoms with van der Waals surface area (Å²) in [5.41, 5.74) is 0.893. The van der Waals surface area contributed by atoms with Gasteiger partial charge in [0.05, 0.1) is 12.8 Å². The zero-order valence-corrected chi connectivity index (χ0v) is 14.7. The summed E-state index contributed by atoms with van der Waals surface area (Å²) in [4.78, 5) is 23.1. The summed E-state index contributed by atoms with van der Waals surface area (Å²) in [6.45, 7) is 0. The molecule has 0 aliphatic carbocycles. The van der Waals surface area contributed by atoms with Crippen LogP contribution in [0.1, 0.15) is 18.4 Å². The van der Waals surface area contributed by atoms with Crippen molar-refractivity contribution in [1.82, 2.24) is 5.32 Å². The van der Waals surface area contributed by atoms with E-state index in [-0.39, 0.29) is 24.3 Å². The number of carbonyl (C=O) groups is 2. The minimum atomic E-state index is -1.13. The smallest absolute Gasteiger partial charge is 0.319 e. The standard InChI is InChI=1S/C19H20F2N2O4/c1-27-17-11-15(21)14(20)10-16(17)23-19(26)22-13(7-8-18(24)25)9-12-5-3-2-4-6-12/h2-6,10-11,13H,7-9H2,1H3,(H,24,25)(H2,22,23,26). The summed E-state index contributed by atoms with van der Waals surface area (Å²) < 4.78 is 31.6. The van der Waals surface area contributed by atoms with E-state index in [4.69, 9.17) is 9.84 Å². The van der Waals surface area contributed by atoms with Crippen LogP contribution in [0.25, 0.3) is 0 Å². The Morgan fingerprint density at radius 1 is 1.15 bits per heavy atom. The minimum absolute atomic E-state index is 0.0332. The number of carboxylic acids is 1. The third-order valence-corrected chi connectivity index (χ3v) is 3.86. The number of ether oxygens (including phenoxy) is 1. The van der Waals surface area contributed by atoms with Gasteiger partial charge >= 0.3 is 12.0 Å². The normalized spacial score (nSPS) is 11.5. The van der Waals surface area contributed by atoms with Crippen LogP contribution in [0, 0.1) is 11.6 Å². The molecule has 8 heteroatoms. The molecule has 1 atom stereocenters. The Bertz CT molecular complexity index is 800. The Morgan fingerprint density at radius 3 is 2.44 bits per heavy atom. The van der Waals surface area contributed by atoms with Crippen LogP contribution in [0.4, 0.5) is 19.3 Å². The van der Waals surface area contributed by atoms with E-state index in [0.29, 0.717) is 6.42 Å². The summed E-state index contributed by atoms with van der Waals surface area (Å²) >= 11 is 0. The lowest BCUT2D eigenvalue weighted by Gasteiger charge is -2.19. The van der Waals surface area contributed by atoms with Crippen molar-refractivity contribution in [1.29, 1.82) is 0 Å². The van der Waals surface area contributed by atoms with Crippen molar-refractivity contribution in [3.8, 4) is 5.75 Å². The number of amides is 2. The average molecular weight is 378 g/mol. The van der Waals surface area contributed by atoms with Gasteiger partial charge in [-0.1, -0.05) is 30.3 Å². The molecule has 27 heavy (non-hydrogen) atoms. The van der Waals surface area contributed by atoms with Crippen molar-refractivity contribution in [3.05, 3.63) is 59.7 Å². The molecule has 1 unspecified atom stereocenters. The number of hydrogen-bond acceptors (Lipinski definition) is 3. The number of methoxy groups -OCH3 is 1. The highest BCUT2D eigenvalue weighted by molar-refractivity contribution is 5.91. The van der Waals surface area contributed by atoms with E-state index in [1.54, 1.807) is 0 Å². The summed E-state index contributed by atoms with van der Waals surface area (Å²) in [5, 5.41) is 14.0. The SMILES string of the molecule is COc1cc(F)c(F)cc1NC(=O)NC(CCC(=O)O)Cc1ccccc1. The Labute approximate surface area is 155 Å². The van der Waals surface area contributed by atoms with Crippen molar-refractivity contribution in [2.24, 2.45) is 0 Å². The predicted molar refractivity (Wildman–Crippen MR) is 95.9 cm³/mol. The van der Waals surface area contributed by atoms with Crippen LogP contribution in [-0.4, -0.2) is 30.3 Å². The van der Waals surface area contributed by atoms with Crippen molar-refractivity contribution in [3.63, 3.8) is 0 Å². The van der Waals surface area contributed by atoms with Gasteiger partial charge in [-0.3, -0.25) is 4.79 Å². The molecule has 2 amide bonds. The fraction of sp³-hybridized carbons (Fsp3) is 0.263. The van der Waals surface area contributed by atoms with Gasteiger partial charge in [-0.2, -0.15) is 0 Å². The molecule has 0 radical (unpaired) electrons. The first-order valence-electron chi connectivity index (χ1n) is 8.25. The van der Waals surface area contributed by atoms with Crippen molar-refractivity contribution >= 4 is 17.7 Å². The Morgan fingerprint density at radius 2 is 1.81 bits per heavy atom. The maximum Gasteiger partial charge on any atom is 0.319 e. The number of benzene rings is 2. The fourth-order valence-electron chi connectivity index (χ4n) is 2.56. The molecule has 144 valence electrons. The minimum Gasteiger partial charge on any atom is -0.494 e. The molecule has 0 aliphatic heterocycles. The molecule has 0 aliphatic rings. The second-order valence-electron chi connectivity index (χ2n) is 5.88. The lowest BCUT2D eigenvalue weighted by Crippen LogP contribution is -2.39. The van der Waals surface area contributed by atoms with Crippen molar-refractivity contribution in [2.75, 3.05) is 12.4 Å². The van der Waals surface area contributed by atoms with E-state index in [9.17, 15) is 18.4 Å². The molecule has 0 fully saturated rings. The first-order chi connectivity index (χ1) is 12.9. The van der Waals surface area contributed by atoms with Gasteiger partial charge in [0.25, 0.3) is 0 Å². The van der Waals surface area contributed by atoms with Crippen molar-refractivity contribution < 1.29 is 28.2 Å². The topological polar surface area (TPSA) is 87.7 Å². The van der Waals surface area contributed by atoms with Crippen LogP contribution in [0.15, 0.2) is 42.5 Å². The summed E-state index contributed by atoms with van der Waals surface area (Å²) in [5.74, 6) is -3.23. The van der Waals surface area contributed by atoms with Crippen LogP contribution < -0.4 is 15.4 Å². The molecule has 2 rings (SSSR count). The molecule has 0 saturated heterocycles. The van der Waals surface area contributed by atoms with Crippen LogP contribution in [0.5, 0.6) is 5.75 Å². The Balaban J connectivity index is 2.08. The number of aliphatic carboxylic acids is 1.